The summed E-state index contributed by atoms with van der Waals surface area (Å²) in [6, 6.07) is 7.38. The molecule has 0 saturated heterocycles. The summed E-state index contributed by atoms with van der Waals surface area (Å²) in [4.78, 5) is 12.0. The normalized spacial score (nSPS) is 10.5. The molecule has 0 spiro atoms. The van der Waals surface area contributed by atoms with Gasteiger partial charge in [-0.2, -0.15) is 0 Å². The summed E-state index contributed by atoms with van der Waals surface area (Å²) in [5.41, 5.74) is 6.19. The standard InChI is InChI=1S/C14H10ClF2NO/c15-10-3-9(5-12(18)7-10)14(19)6-8-4-11(16)1-2-13(8)17/h1-5,7H,6,18H2. The minimum Gasteiger partial charge on any atom is -0.399 e. The van der Waals surface area contributed by atoms with Crippen LogP contribution in [-0.2, 0) is 6.42 Å². The van der Waals surface area contributed by atoms with Gasteiger partial charge in [-0.1, -0.05) is 11.6 Å². The van der Waals surface area contributed by atoms with E-state index in [0.29, 0.717) is 10.7 Å². The van der Waals surface area contributed by atoms with Crippen molar-refractivity contribution in [1.82, 2.24) is 0 Å². The Morgan fingerprint density at radius 2 is 1.89 bits per heavy atom. The number of rotatable bonds is 3. The van der Waals surface area contributed by atoms with Crippen molar-refractivity contribution in [2.75, 3.05) is 5.73 Å². The van der Waals surface area contributed by atoms with Crippen LogP contribution in [0.2, 0.25) is 5.02 Å². The molecule has 0 heterocycles. The first-order valence-electron chi connectivity index (χ1n) is 5.49. The minimum absolute atomic E-state index is 0.00328. The quantitative estimate of drug-likeness (QED) is 0.690. The van der Waals surface area contributed by atoms with Crippen molar-refractivity contribution in [3.63, 3.8) is 0 Å². The highest BCUT2D eigenvalue weighted by Crippen LogP contribution is 2.19. The maximum absolute atomic E-state index is 13.4. The van der Waals surface area contributed by atoms with Crippen LogP contribution in [-0.4, -0.2) is 5.78 Å². The van der Waals surface area contributed by atoms with Gasteiger partial charge in [0.15, 0.2) is 5.78 Å². The monoisotopic (exact) mass is 281 g/mol. The number of anilines is 1. The predicted molar refractivity (Wildman–Crippen MR) is 70.3 cm³/mol. The van der Waals surface area contributed by atoms with E-state index in [1.54, 1.807) is 0 Å². The maximum atomic E-state index is 13.4. The van der Waals surface area contributed by atoms with Crippen molar-refractivity contribution in [3.05, 3.63) is 64.2 Å². The minimum atomic E-state index is -0.621. The lowest BCUT2D eigenvalue weighted by Gasteiger charge is -2.05. The lowest BCUT2D eigenvalue weighted by molar-refractivity contribution is 0.0992. The van der Waals surface area contributed by atoms with Crippen molar-refractivity contribution in [1.29, 1.82) is 0 Å². The molecule has 98 valence electrons. The summed E-state index contributed by atoms with van der Waals surface area (Å²) in [6.45, 7) is 0. The molecule has 5 heteroatoms. The zero-order chi connectivity index (χ0) is 14.0. The van der Waals surface area contributed by atoms with Crippen LogP contribution < -0.4 is 5.73 Å². The Labute approximate surface area is 113 Å². The molecule has 2 rings (SSSR count). The van der Waals surface area contributed by atoms with Gasteiger partial charge >= 0.3 is 0 Å². The number of nitrogens with two attached hydrogens (primary N) is 1. The molecular weight excluding hydrogens is 272 g/mol. The molecule has 2 aromatic rings. The van der Waals surface area contributed by atoms with E-state index < -0.39 is 11.6 Å². The SMILES string of the molecule is Nc1cc(Cl)cc(C(=O)Cc2cc(F)ccc2F)c1. The van der Waals surface area contributed by atoms with Crippen LogP contribution in [0.25, 0.3) is 0 Å². The average molecular weight is 282 g/mol. The fourth-order valence-electron chi connectivity index (χ4n) is 1.73. The molecule has 0 fully saturated rings. The van der Waals surface area contributed by atoms with Gasteiger partial charge in [0.25, 0.3) is 0 Å². The molecule has 0 amide bonds. The molecule has 0 aliphatic carbocycles. The third-order valence-corrected chi connectivity index (χ3v) is 2.82. The summed E-state index contributed by atoms with van der Waals surface area (Å²) < 4.78 is 26.4. The summed E-state index contributed by atoms with van der Waals surface area (Å²) >= 11 is 5.79. The zero-order valence-corrected chi connectivity index (χ0v) is 10.5. The number of halogens is 3. The highest BCUT2D eigenvalue weighted by atomic mass is 35.5. The molecule has 0 unspecified atom stereocenters. The van der Waals surface area contributed by atoms with Crippen molar-refractivity contribution < 1.29 is 13.6 Å². The third kappa shape index (κ3) is 3.29. The van der Waals surface area contributed by atoms with Crippen molar-refractivity contribution in [2.45, 2.75) is 6.42 Å². The number of hydrogen-bond donors (Lipinski definition) is 1. The van der Waals surface area contributed by atoms with Gasteiger partial charge in [-0.25, -0.2) is 8.78 Å². The number of hydrogen-bond acceptors (Lipinski definition) is 2. The lowest BCUT2D eigenvalue weighted by Crippen LogP contribution is -2.06. The van der Waals surface area contributed by atoms with Gasteiger partial charge in [0.05, 0.1) is 0 Å². The van der Waals surface area contributed by atoms with Crippen LogP contribution in [0, 0.1) is 11.6 Å². The molecule has 0 aromatic heterocycles. The molecule has 0 bridgehead atoms. The van der Waals surface area contributed by atoms with Crippen molar-refractivity contribution in [3.8, 4) is 0 Å². The molecule has 0 aliphatic heterocycles. The number of nitrogen functional groups attached to an aromatic ring is 1. The molecule has 0 aliphatic rings. The Morgan fingerprint density at radius 1 is 1.16 bits per heavy atom. The number of ketones is 1. The first-order chi connectivity index (χ1) is 8.95. The Kier molecular flexibility index (Phi) is 3.81. The second kappa shape index (κ2) is 5.36. The fraction of sp³-hybridized carbons (Fsp3) is 0.0714. The van der Waals surface area contributed by atoms with Gasteiger partial charge < -0.3 is 5.73 Å². The van der Waals surface area contributed by atoms with Crippen LogP contribution in [0.1, 0.15) is 15.9 Å². The van der Waals surface area contributed by atoms with E-state index in [-0.39, 0.29) is 23.3 Å². The van der Waals surface area contributed by atoms with Gasteiger partial charge in [-0.15, -0.1) is 0 Å². The predicted octanol–water partition coefficient (Wildman–Crippen LogP) is 3.63. The molecule has 0 saturated carbocycles. The molecule has 0 radical (unpaired) electrons. The first kappa shape index (κ1) is 13.5. The van der Waals surface area contributed by atoms with Gasteiger partial charge in [0.2, 0.25) is 0 Å². The summed E-state index contributed by atoms with van der Waals surface area (Å²) in [5, 5.41) is 0.322. The van der Waals surface area contributed by atoms with Gasteiger partial charge in [-0.3, -0.25) is 4.79 Å². The highest BCUT2D eigenvalue weighted by Gasteiger charge is 2.12. The molecule has 2 N–H and O–H groups in total. The van der Waals surface area contributed by atoms with E-state index >= 15 is 0 Å². The maximum Gasteiger partial charge on any atom is 0.167 e. The smallest absolute Gasteiger partial charge is 0.167 e. The molecule has 2 nitrogen and oxygen atoms in total. The van der Waals surface area contributed by atoms with Crippen LogP contribution in [0.15, 0.2) is 36.4 Å². The van der Waals surface area contributed by atoms with E-state index in [1.807, 2.05) is 0 Å². The Morgan fingerprint density at radius 3 is 2.58 bits per heavy atom. The van der Waals surface area contributed by atoms with E-state index in [1.165, 1.54) is 18.2 Å². The second-order valence-corrected chi connectivity index (χ2v) is 4.55. The summed E-state index contributed by atoms with van der Waals surface area (Å²) in [7, 11) is 0. The third-order valence-electron chi connectivity index (χ3n) is 2.60. The van der Waals surface area contributed by atoms with Crippen LogP contribution in [0.3, 0.4) is 0 Å². The van der Waals surface area contributed by atoms with Gasteiger partial charge in [0, 0.05) is 22.7 Å². The van der Waals surface area contributed by atoms with Crippen molar-refractivity contribution in [2.24, 2.45) is 0 Å². The fourth-order valence-corrected chi connectivity index (χ4v) is 1.97. The van der Waals surface area contributed by atoms with E-state index in [2.05, 4.69) is 0 Å². The zero-order valence-electron chi connectivity index (χ0n) is 9.79. The molecule has 0 atom stereocenters. The van der Waals surface area contributed by atoms with Crippen LogP contribution in [0.4, 0.5) is 14.5 Å². The molecule has 2 aromatic carbocycles. The topological polar surface area (TPSA) is 43.1 Å². The van der Waals surface area contributed by atoms with E-state index in [4.69, 9.17) is 17.3 Å². The average Bonchev–Trinajstić information content (AvgIpc) is 2.32. The Balaban J connectivity index is 2.28. The number of benzene rings is 2. The van der Waals surface area contributed by atoms with Crippen LogP contribution in [0.5, 0.6) is 0 Å². The summed E-state index contributed by atoms with van der Waals surface area (Å²) in [6.07, 6.45) is -0.247. The Hall–Kier alpha value is -1.94. The molecule has 19 heavy (non-hydrogen) atoms. The van der Waals surface area contributed by atoms with Crippen molar-refractivity contribution >= 4 is 23.1 Å². The highest BCUT2D eigenvalue weighted by molar-refractivity contribution is 6.31. The lowest BCUT2D eigenvalue weighted by atomic mass is 10.0. The van der Waals surface area contributed by atoms with Gasteiger partial charge in [-0.05, 0) is 42.0 Å². The summed E-state index contributed by atoms with van der Waals surface area (Å²) in [5.74, 6) is -1.58. The number of Topliss-reactive ketones (excluding diaryl/α,β-unsaturated/α-hetero) is 1. The van der Waals surface area contributed by atoms with Crippen LogP contribution >= 0.6 is 11.6 Å². The second-order valence-electron chi connectivity index (χ2n) is 4.11. The van der Waals surface area contributed by atoms with Gasteiger partial charge in [0.1, 0.15) is 11.6 Å². The number of carbonyl (C=O) groups excluding carboxylic acids is 1. The first-order valence-corrected chi connectivity index (χ1v) is 5.86. The van der Waals surface area contributed by atoms with E-state index in [9.17, 15) is 13.6 Å². The number of carbonyl (C=O) groups is 1. The van der Waals surface area contributed by atoms with E-state index in [0.717, 1.165) is 18.2 Å². The largest absolute Gasteiger partial charge is 0.399 e. The Bertz CT molecular complexity index is 623. The molecular formula is C14H10ClF2NO.